The minimum absolute atomic E-state index is 0. The van der Waals surface area contributed by atoms with E-state index >= 15 is 0 Å². The molecule has 1 aromatic rings. The van der Waals surface area contributed by atoms with Gasteiger partial charge in [0.2, 0.25) is 0 Å². The minimum atomic E-state index is 0. The van der Waals surface area contributed by atoms with Gasteiger partial charge in [0, 0.05) is 38.5 Å². The van der Waals surface area contributed by atoms with Gasteiger partial charge in [-0.05, 0) is 49.3 Å². The number of nitrogens with zero attached hydrogens (tertiary/aromatic N) is 2. The van der Waals surface area contributed by atoms with E-state index in [1.54, 1.807) is 0 Å². The van der Waals surface area contributed by atoms with Crippen molar-refractivity contribution in [1.29, 1.82) is 0 Å². The Morgan fingerprint density at radius 3 is 2.31 bits per heavy atom. The number of morpholine rings is 1. The fraction of sp³-hybridized carbons (Fsp3) is 0.682. The Morgan fingerprint density at radius 2 is 1.76 bits per heavy atom. The molecule has 1 aliphatic heterocycles. The van der Waals surface area contributed by atoms with Gasteiger partial charge in [0.05, 0.1) is 19.8 Å². The lowest BCUT2D eigenvalue weighted by molar-refractivity contribution is 0.122. The summed E-state index contributed by atoms with van der Waals surface area (Å²) in [5.41, 5.74) is 2.56. The number of aliphatic hydroxyl groups is 1. The van der Waals surface area contributed by atoms with Gasteiger partial charge in [-0.15, -0.1) is 24.0 Å². The molecule has 7 heteroatoms. The monoisotopic (exact) mass is 518 g/mol. The molecule has 0 aliphatic carbocycles. The third-order valence-electron chi connectivity index (χ3n) is 5.85. The number of aliphatic imine (C=N–C) groups is 1. The van der Waals surface area contributed by atoms with Crippen molar-refractivity contribution in [3.63, 3.8) is 0 Å². The fourth-order valence-corrected chi connectivity index (χ4v) is 3.60. The summed E-state index contributed by atoms with van der Waals surface area (Å²) in [5.74, 6) is 0.837. The summed E-state index contributed by atoms with van der Waals surface area (Å²) in [6.07, 6.45) is 2.90. The molecule has 1 aliphatic rings. The molecule has 0 spiro atoms. The van der Waals surface area contributed by atoms with Crippen LogP contribution in [0.15, 0.2) is 29.3 Å². The number of halogens is 1. The SMILES string of the molecule is CCNC(=NCc1ccc(N2CCOCC2)cc1)NCC(CC)(CC)CCO.I. The number of hydrogen-bond donors (Lipinski definition) is 3. The summed E-state index contributed by atoms with van der Waals surface area (Å²) in [7, 11) is 0. The molecule has 0 atom stereocenters. The zero-order valence-electron chi connectivity index (χ0n) is 18.2. The van der Waals surface area contributed by atoms with E-state index in [0.29, 0.717) is 6.54 Å². The first-order valence-electron chi connectivity index (χ1n) is 10.7. The Hall–Kier alpha value is -1.06. The Kier molecular flexibility index (Phi) is 12.6. The maximum atomic E-state index is 9.42. The van der Waals surface area contributed by atoms with Gasteiger partial charge in [0.15, 0.2) is 5.96 Å². The van der Waals surface area contributed by atoms with E-state index < -0.39 is 0 Å². The number of hydrogen-bond acceptors (Lipinski definition) is 4. The van der Waals surface area contributed by atoms with Crippen molar-refractivity contribution in [2.24, 2.45) is 10.4 Å². The van der Waals surface area contributed by atoms with Crippen LogP contribution in [0.25, 0.3) is 0 Å². The smallest absolute Gasteiger partial charge is 0.191 e. The standard InChI is InChI=1S/C22H38N4O2.HI/c1-4-22(5-2,11-14-27)18-25-21(23-6-3)24-17-19-7-9-20(10-8-19)26-12-15-28-16-13-26;/h7-10,27H,4-6,11-18H2,1-3H3,(H2,23,24,25);1H. The normalized spacial score (nSPS) is 15.0. The van der Waals surface area contributed by atoms with E-state index in [1.165, 1.54) is 11.3 Å². The summed E-state index contributed by atoms with van der Waals surface area (Å²) in [4.78, 5) is 7.12. The van der Waals surface area contributed by atoms with Crippen molar-refractivity contribution >= 4 is 35.6 Å². The van der Waals surface area contributed by atoms with Crippen molar-refractivity contribution in [3.8, 4) is 0 Å². The van der Waals surface area contributed by atoms with Crippen molar-refractivity contribution in [2.75, 3.05) is 50.9 Å². The molecule has 1 saturated heterocycles. The first-order valence-corrected chi connectivity index (χ1v) is 10.7. The molecule has 0 radical (unpaired) electrons. The molecule has 29 heavy (non-hydrogen) atoms. The van der Waals surface area contributed by atoms with E-state index in [2.05, 4.69) is 60.6 Å². The molecular weight excluding hydrogens is 479 g/mol. The first-order chi connectivity index (χ1) is 13.7. The van der Waals surface area contributed by atoms with Gasteiger partial charge in [-0.2, -0.15) is 0 Å². The molecule has 6 nitrogen and oxygen atoms in total. The molecule has 2 rings (SSSR count). The van der Waals surface area contributed by atoms with Crippen LogP contribution in [0.4, 0.5) is 5.69 Å². The lowest BCUT2D eigenvalue weighted by Crippen LogP contribution is -2.43. The fourth-order valence-electron chi connectivity index (χ4n) is 3.60. The maximum Gasteiger partial charge on any atom is 0.191 e. The van der Waals surface area contributed by atoms with Crippen LogP contribution in [0.5, 0.6) is 0 Å². The largest absolute Gasteiger partial charge is 0.396 e. The predicted octanol–water partition coefficient (Wildman–Crippen LogP) is 3.39. The van der Waals surface area contributed by atoms with Crippen molar-refractivity contribution in [2.45, 2.75) is 46.6 Å². The van der Waals surface area contributed by atoms with Gasteiger partial charge in [-0.1, -0.05) is 26.0 Å². The highest BCUT2D eigenvalue weighted by atomic mass is 127. The van der Waals surface area contributed by atoms with Crippen LogP contribution < -0.4 is 15.5 Å². The summed E-state index contributed by atoms with van der Waals surface area (Å²) in [6, 6.07) is 8.67. The Labute approximate surface area is 193 Å². The third kappa shape index (κ3) is 8.30. The van der Waals surface area contributed by atoms with Gasteiger partial charge < -0.3 is 25.4 Å². The molecule has 1 fully saturated rings. The lowest BCUT2D eigenvalue weighted by Gasteiger charge is -2.32. The molecule has 1 aromatic carbocycles. The second kappa shape index (κ2) is 14.0. The molecule has 0 bridgehead atoms. The summed E-state index contributed by atoms with van der Waals surface area (Å²) >= 11 is 0. The van der Waals surface area contributed by atoms with E-state index in [-0.39, 0.29) is 36.0 Å². The van der Waals surface area contributed by atoms with E-state index in [4.69, 9.17) is 9.73 Å². The van der Waals surface area contributed by atoms with Gasteiger partial charge in [-0.3, -0.25) is 0 Å². The van der Waals surface area contributed by atoms with E-state index in [9.17, 15) is 5.11 Å². The van der Waals surface area contributed by atoms with Crippen molar-refractivity contribution < 1.29 is 9.84 Å². The highest BCUT2D eigenvalue weighted by Crippen LogP contribution is 2.29. The molecule has 0 unspecified atom stereocenters. The maximum absolute atomic E-state index is 9.42. The van der Waals surface area contributed by atoms with Crippen LogP contribution in [0, 0.1) is 5.41 Å². The summed E-state index contributed by atoms with van der Waals surface area (Å²) in [5, 5.41) is 16.2. The second-order valence-electron chi connectivity index (χ2n) is 7.50. The highest BCUT2D eigenvalue weighted by Gasteiger charge is 2.25. The molecule has 3 N–H and O–H groups in total. The van der Waals surface area contributed by atoms with Crippen LogP contribution in [-0.4, -0.2) is 57.1 Å². The highest BCUT2D eigenvalue weighted by molar-refractivity contribution is 14.0. The average Bonchev–Trinajstić information content (AvgIpc) is 2.76. The first kappa shape index (κ1) is 26.0. The number of rotatable bonds is 10. The number of ether oxygens (including phenoxy) is 1. The van der Waals surface area contributed by atoms with Gasteiger partial charge in [0.25, 0.3) is 0 Å². The number of aliphatic hydroxyl groups excluding tert-OH is 1. The molecule has 0 saturated carbocycles. The minimum Gasteiger partial charge on any atom is -0.396 e. The van der Waals surface area contributed by atoms with Crippen LogP contribution in [0.3, 0.4) is 0 Å². The Morgan fingerprint density at radius 1 is 1.10 bits per heavy atom. The van der Waals surface area contributed by atoms with Crippen molar-refractivity contribution in [3.05, 3.63) is 29.8 Å². The zero-order chi connectivity index (χ0) is 20.2. The molecule has 1 heterocycles. The Balaban J connectivity index is 0.00000420. The van der Waals surface area contributed by atoms with Gasteiger partial charge in [0.1, 0.15) is 0 Å². The Bertz CT molecular complexity index is 585. The van der Waals surface area contributed by atoms with Crippen LogP contribution in [0.1, 0.15) is 45.6 Å². The second-order valence-corrected chi connectivity index (χ2v) is 7.50. The average molecular weight is 518 g/mol. The zero-order valence-corrected chi connectivity index (χ0v) is 20.6. The van der Waals surface area contributed by atoms with Gasteiger partial charge in [-0.25, -0.2) is 4.99 Å². The van der Waals surface area contributed by atoms with Gasteiger partial charge >= 0.3 is 0 Å². The van der Waals surface area contributed by atoms with E-state index in [1.807, 2.05) is 0 Å². The summed E-state index contributed by atoms with van der Waals surface area (Å²) < 4.78 is 5.42. The quantitative estimate of drug-likeness (QED) is 0.252. The van der Waals surface area contributed by atoms with Crippen LogP contribution in [-0.2, 0) is 11.3 Å². The predicted molar refractivity (Wildman–Crippen MR) is 132 cm³/mol. The summed E-state index contributed by atoms with van der Waals surface area (Å²) in [6.45, 7) is 12.5. The topological polar surface area (TPSA) is 69.1 Å². The molecule has 166 valence electrons. The number of nitrogens with one attached hydrogen (secondary N) is 2. The molecule has 0 amide bonds. The molecular formula is C22H39IN4O2. The lowest BCUT2D eigenvalue weighted by atomic mass is 9.79. The number of guanidine groups is 1. The number of benzene rings is 1. The van der Waals surface area contributed by atoms with Crippen molar-refractivity contribution in [1.82, 2.24) is 10.6 Å². The number of anilines is 1. The van der Waals surface area contributed by atoms with E-state index in [0.717, 1.165) is 64.6 Å². The van der Waals surface area contributed by atoms with Crippen LogP contribution in [0.2, 0.25) is 0 Å². The van der Waals surface area contributed by atoms with Crippen LogP contribution >= 0.6 is 24.0 Å². The molecule has 0 aromatic heterocycles. The third-order valence-corrected chi connectivity index (χ3v) is 5.85.